The van der Waals surface area contributed by atoms with E-state index in [-0.39, 0.29) is 23.4 Å². The van der Waals surface area contributed by atoms with E-state index in [0.717, 1.165) is 0 Å². The van der Waals surface area contributed by atoms with Crippen LogP contribution in [0.3, 0.4) is 0 Å². The van der Waals surface area contributed by atoms with Gasteiger partial charge in [0.15, 0.2) is 14.6 Å². The van der Waals surface area contributed by atoms with Crippen LogP contribution in [0.4, 0.5) is 5.69 Å². The molecule has 4 rings (SSSR count). The summed E-state index contributed by atoms with van der Waals surface area (Å²) in [5.74, 6) is -0.691. The first-order valence-electron chi connectivity index (χ1n) is 9.35. The Hall–Kier alpha value is -2.84. The summed E-state index contributed by atoms with van der Waals surface area (Å²) in [4.78, 5) is 26.1. The Morgan fingerprint density at radius 1 is 1.07 bits per heavy atom. The highest BCUT2D eigenvalue weighted by Gasteiger charge is 2.61. The van der Waals surface area contributed by atoms with Crippen LogP contribution >= 0.6 is 11.6 Å². The SMILES string of the molecule is Cc1c(NC(=O)C2(S(=O)(=O)c3ccc(Cl)cc3)CC2)c(=O)n(-c2ccccc2)n1C. The molecular formula is C21H20ClN3O4S. The predicted octanol–water partition coefficient (Wildman–Crippen LogP) is 3.08. The monoisotopic (exact) mass is 445 g/mol. The number of nitrogens with zero attached hydrogens (tertiary/aromatic N) is 2. The summed E-state index contributed by atoms with van der Waals surface area (Å²) in [6.07, 6.45) is 0.394. The lowest BCUT2D eigenvalue weighted by molar-refractivity contribution is -0.116. The molecule has 1 aliphatic carbocycles. The Labute approximate surface area is 178 Å². The second-order valence-electron chi connectivity index (χ2n) is 7.34. The van der Waals surface area contributed by atoms with Crippen molar-refractivity contribution in [2.45, 2.75) is 29.4 Å². The molecule has 0 atom stereocenters. The lowest BCUT2D eigenvalue weighted by Gasteiger charge is -2.16. The predicted molar refractivity (Wildman–Crippen MR) is 115 cm³/mol. The van der Waals surface area contributed by atoms with Crippen molar-refractivity contribution in [2.24, 2.45) is 7.05 Å². The fourth-order valence-corrected chi connectivity index (χ4v) is 5.52. The minimum atomic E-state index is -3.93. The van der Waals surface area contributed by atoms with E-state index in [2.05, 4.69) is 5.32 Å². The summed E-state index contributed by atoms with van der Waals surface area (Å²) in [6, 6.07) is 14.7. The van der Waals surface area contributed by atoms with E-state index in [1.807, 2.05) is 6.07 Å². The Bertz CT molecular complexity index is 1290. The van der Waals surface area contributed by atoms with E-state index in [9.17, 15) is 18.0 Å². The molecule has 1 aliphatic rings. The molecule has 0 unspecified atom stereocenters. The molecule has 30 heavy (non-hydrogen) atoms. The van der Waals surface area contributed by atoms with Crippen LogP contribution in [0, 0.1) is 6.92 Å². The number of anilines is 1. The molecule has 156 valence electrons. The number of hydrogen-bond acceptors (Lipinski definition) is 4. The normalized spacial score (nSPS) is 15.0. The van der Waals surface area contributed by atoms with Gasteiger partial charge in [-0.05, 0) is 56.2 Å². The number of hydrogen-bond donors (Lipinski definition) is 1. The summed E-state index contributed by atoms with van der Waals surface area (Å²) in [5, 5.41) is 3.01. The van der Waals surface area contributed by atoms with E-state index < -0.39 is 26.1 Å². The molecule has 1 heterocycles. The zero-order valence-corrected chi connectivity index (χ0v) is 18.0. The Morgan fingerprint density at radius 3 is 2.23 bits per heavy atom. The van der Waals surface area contributed by atoms with Gasteiger partial charge in [0.1, 0.15) is 5.69 Å². The number of rotatable bonds is 5. The third-order valence-corrected chi connectivity index (χ3v) is 8.32. The number of nitrogens with one attached hydrogen (secondary N) is 1. The molecule has 0 saturated heterocycles. The zero-order chi connectivity index (χ0) is 21.7. The Morgan fingerprint density at radius 2 is 1.67 bits per heavy atom. The number of halogens is 1. The molecule has 3 aromatic rings. The summed E-state index contributed by atoms with van der Waals surface area (Å²) in [7, 11) is -2.23. The standard InChI is InChI=1S/C21H20ClN3O4S/c1-14-18(19(26)25(24(14)2)16-6-4-3-5-7-16)23-20(27)21(12-13-21)30(28,29)17-10-8-15(22)9-11-17/h3-11H,12-13H2,1-2H3,(H,23,27). The molecule has 1 amide bonds. The van der Waals surface area contributed by atoms with Gasteiger partial charge in [0.05, 0.1) is 16.3 Å². The van der Waals surface area contributed by atoms with Gasteiger partial charge < -0.3 is 5.32 Å². The third-order valence-electron chi connectivity index (χ3n) is 5.55. The topological polar surface area (TPSA) is 90.2 Å². The summed E-state index contributed by atoms with van der Waals surface area (Å²) in [5.41, 5.74) is 0.818. The Kier molecular flexibility index (Phi) is 4.86. The Balaban J connectivity index is 1.70. The average Bonchev–Trinajstić information content (AvgIpc) is 3.52. The molecule has 1 N–H and O–H groups in total. The zero-order valence-electron chi connectivity index (χ0n) is 16.4. The number of amides is 1. The number of benzene rings is 2. The van der Waals surface area contributed by atoms with Crippen molar-refractivity contribution in [3.63, 3.8) is 0 Å². The van der Waals surface area contributed by atoms with Gasteiger partial charge >= 0.3 is 0 Å². The van der Waals surface area contributed by atoms with Gasteiger partial charge in [-0.25, -0.2) is 13.1 Å². The molecule has 9 heteroatoms. The summed E-state index contributed by atoms with van der Waals surface area (Å²) >= 11 is 5.85. The van der Waals surface area contributed by atoms with E-state index >= 15 is 0 Å². The van der Waals surface area contributed by atoms with Crippen molar-refractivity contribution in [2.75, 3.05) is 5.32 Å². The van der Waals surface area contributed by atoms with Crippen LogP contribution in [0.1, 0.15) is 18.5 Å². The second kappa shape index (κ2) is 7.14. The molecule has 7 nitrogen and oxygen atoms in total. The smallest absolute Gasteiger partial charge is 0.295 e. The van der Waals surface area contributed by atoms with Gasteiger partial charge in [-0.3, -0.25) is 14.3 Å². The lowest BCUT2D eigenvalue weighted by Crippen LogP contribution is -2.38. The van der Waals surface area contributed by atoms with Crippen LogP contribution in [-0.2, 0) is 21.7 Å². The molecule has 0 aliphatic heterocycles. The molecule has 0 spiro atoms. The average molecular weight is 446 g/mol. The molecular weight excluding hydrogens is 426 g/mol. The fraction of sp³-hybridized carbons (Fsp3) is 0.238. The van der Waals surface area contributed by atoms with Crippen LogP contribution in [0.2, 0.25) is 5.02 Å². The molecule has 2 aromatic carbocycles. The summed E-state index contributed by atoms with van der Waals surface area (Å²) < 4.78 is 27.7. The van der Waals surface area contributed by atoms with Gasteiger partial charge in [-0.2, -0.15) is 0 Å². The van der Waals surface area contributed by atoms with Gasteiger partial charge in [0, 0.05) is 12.1 Å². The van der Waals surface area contributed by atoms with Crippen LogP contribution in [0.5, 0.6) is 0 Å². The van der Waals surface area contributed by atoms with Gasteiger partial charge in [0.25, 0.3) is 5.56 Å². The molecule has 1 fully saturated rings. The number of sulfone groups is 1. The first kappa shape index (κ1) is 20.4. The van der Waals surface area contributed by atoms with Crippen molar-refractivity contribution in [1.29, 1.82) is 0 Å². The van der Waals surface area contributed by atoms with Crippen molar-refractivity contribution in [3.05, 3.63) is 75.7 Å². The minimum absolute atomic E-state index is 0.0334. The number of para-hydroxylation sites is 1. The van der Waals surface area contributed by atoms with E-state index in [0.29, 0.717) is 16.4 Å². The van der Waals surface area contributed by atoms with Crippen molar-refractivity contribution >= 4 is 33.0 Å². The first-order chi connectivity index (χ1) is 14.2. The minimum Gasteiger partial charge on any atom is -0.319 e. The maximum atomic E-state index is 13.1. The van der Waals surface area contributed by atoms with Crippen LogP contribution in [0.15, 0.2) is 64.3 Å². The third kappa shape index (κ3) is 3.07. The number of carbonyl (C=O) groups excluding carboxylic acids is 1. The van der Waals surface area contributed by atoms with Crippen molar-refractivity contribution < 1.29 is 13.2 Å². The molecule has 1 aromatic heterocycles. The van der Waals surface area contributed by atoms with Gasteiger partial charge in [-0.1, -0.05) is 29.8 Å². The van der Waals surface area contributed by atoms with E-state index in [1.165, 1.54) is 28.9 Å². The van der Waals surface area contributed by atoms with Crippen LogP contribution < -0.4 is 10.9 Å². The molecule has 1 saturated carbocycles. The van der Waals surface area contributed by atoms with Crippen LogP contribution in [-0.4, -0.2) is 28.4 Å². The molecule has 0 radical (unpaired) electrons. The van der Waals surface area contributed by atoms with Crippen molar-refractivity contribution in [3.8, 4) is 5.69 Å². The number of aromatic nitrogens is 2. The molecule has 0 bridgehead atoms. The highest BCUT2D eigenvalue weighted by Crippen LogP contribution is 2.47. The van der Waals surface area contributed by atoms with E-state index in [1.54, 1.807) is 42.9 Å². The summed E-state index contributed by atoms with van der Waals surface area (Å²) in [6.45, 7) is 1.70. The second-order valence-corrected chi connectivity index (χ2v) is 10.0. The van der Waals surface area contributed by atoms with Gasteiger partial charge in [0.2, 0.25) is 5.91 Å². The van der Waals surface area contributed by atoms with Crippen LogP contribution in [0.25, 0.3) is 5.69 Å². The largest absolute Gasteiger partial charge is 0.319 e. The first-order valence-corrected chi connectivity index (χ1v) is 11.2. The maximum Gasteiger partial charge on any atom is 0.295 e. The van der Waals surface area contributed by atoms with E-state index in [4.69, 9.17) is 11.6 Å². The number of carbonyl (C=O) groups is 1. The highest BCUT2D eigenvalue weighted by atomic mass is 35.5. The maximum absolute atomic E-state index is 13.1. The van der Waals surface area contributed by atoms with Gasteiger partial charge in [-0.15, -0.1) is 0 Å². The highest BCUT2D eigenvalue weighted by molar-refractivity contribution is 7.94. The lowest BCUT2D eigenvalue weighted by atomic mass is 10.3. The fourth-order valence-electron chi connectivity index (χ4n) is 3.51. The quantitative estimate of drug-likeness (QED) is 0.653. The van der Waals surface area contributed by atoms with Crippen molar-refractivity contribution in [1.82, 2.24) is 9.36 Å².